The Bertz CT molecular complexity index is 507. The SMILES string of the molecule is O=C(CBr)Cc1ccc(OC(F)F)c(C(O)C(=O)O)c1. The standard InChI is InChI=1S/C12H11BrF2O5/c13-5-7(16)3-6-1-2-9(20-12(14)15)8(4-6)10(17)11(18)19/h1-2,4,10,12,17H,3,5H2,(H,18,19). The van der Waals surface area contributed by atoms with E-state index >= 15 is 0 Å². The van der Waals surface area contributed by atoms with Crippen LogP contribution in [-0.2, 0) is 16.0 Å². The first kappa shape index (κ1) is 16.5. The van der Waals surface area contributed by atoms with Gasteiger partial charge < -0.3 is 14.9 Å². The van der Waals surface area contributed by atoms with E-state index < -0.39 is 24.4 Å². The van der Waals surface area contributed by atoms with Gasteiger partial charge >= 0.3 is 12.6 Å². The van der Waals surface area contributed by atoms with Crippen molar-refractivity contribution < 1.29 is 33.3 Å². The number of ketones is 1. The topological polar surface area (TPSA) is 83.8 Å². The summed E-state index contributed by atoms with van der Waals surface area (Å²) in [6.45, 7) is -3.15. The van der Waals surface area contributed by atoms with Gasteiger partial charge in [-0.15, -0.1) is 0 Å². The Morgan fingerprint density at radius 1 is 1.35 bits per heavy atom. The number of hydrogen-bond donors (Lipinski definition) is 2. The Balaban J connectivity index is 3.14. The summed E-state index contributed by atoms with van der Waals surface area (Å²) in [4.78, 5) is 22.0. The fraction of sp³-hybridized carbons (Fsp3) is 0.333. The van der Waals surface area contributed by atoms with Crippen LogP contribution in [0.5, 0.6) is 5.75 Å². The first-order valence-electron chi connectivity index (χ1n) is 5.41. The number of alkyl halides is 3. The van der Waals surface area contributed by atoms with Crippen LogP contribution in [0.2, 0.25) is 0 Å². The van der Waals surface area contributed by atoms with E-state index in [9.17, 15) is 23.5 Å². The number of carbonyl (C=O) groups is 2. The number of ether oxygens (including phenoxy) is 1. The maximum absolute atomic E-state index is 12.2. The minimum absolute atomic E-state index is 0.0143. The lowest BCUT2D eigenvalue weighted by molar-refractivity contribution is -0.147. The van der Waals surface area contributed by atoms with Gasteiger partial charge in [0, 0.05) is 12.0 Å². The van der Waals surface area contributed by atoms with Crippen molar-refractivity contribution in [3.8, 4) is 5.75 Å². The molecule has 8 heteroatoms. The van der Waals surface area contributed by atoms with Crippen molar-refractivity contribution in [2.45, 2.75) is 19.1 Å². The lowest BCUT2D eigenvalue weighted by Crippen LogP contribution is -2.14. The van der Waals surface area contributed by atoms with E-state index in [1.54, 1.807) is 0 Å². The molecule has 0 saturated heterocycles. The van der Waals surface area contributed by atoms with Crippen LogP contribution in [0.1, 0.15) is 17.2 Å². The van der Waals surface area contributed by atoms with Gasteiger partial charge in [-0.3, -0.25) is 4.79 Å². The Labute approximate surface area is 121 Å². The maximum Gasteiger partial charge on any atom is 0.387 e. The number of Topliss-reactive ketones (excluding diaryl/α,β-unsaturated/α-hetero) is 1. The zero-order valence-electron chi connectivity index (χ0n) is 10.1. The van der Waals surface area contributed by atoms with Crippen LogP contribution in [0.4, 0.5) is 8.78 Å². The zero-order chi connectivity index (χ0) is 15.3. The van der Waals surface area contributed by atoms with Crippen molar-refractivity contribution in [3.63, 3.8) is 0 Å². The van der Waals surface area contributed by atoms with E-state index in [4.69, 9.17) is 5.11 Å². The second-order valence-corrected chi connectivity index (χ2v) is 4.40. The van der Waals surface area contributed by atoms with Crippen molar-refractivity contribution in [1.29, 1.82) is 0 Å². The summed E-state index contributed by atoms with van der Waals surface area (Å²) >= 11 is 2.97. The number of aliphatic carboxylic acids is 1. The summed E-state index contributed by atoms with van der Waals surface area (Å²) in [5.41, 5.74) is 0.0732. The van der Waals surface area contributed by atoms with Crippen LogP contribution in [-0.4, -0.2) is 33.9 Å². The minimum atomic E-state index is -3.15. The third-order valence-electron chi connectivity index (χ3n) is 2.37. The Kier molecular flexibility index (Phi) is 6.03. The Morgan fingerprint density at radius 2 is 2.00 bits per heavy atom. The number of rotatable bonds is 7. The summed E-state index contributed by atoms with van der Waals surface area (Å²) in [5, 5.41) is 18.3. The highest BCUT2D eigenvalue weighted by Crippen LogP contribution is 2.28. The Hall–Kier alpha value is -1.54. The van der Waals surface area contributed by atoms with Crippen molar-refractivity contribution in [2.75, 3.05) is 5.33 Å². The second-order valence-electron chi connectivity index (χ2n) is 3.84. The molecule has 0 saturated carbocycles. The molecule has 5 nitrogen and oxygen atoms in total. The summed E-state index contributed by atoms with van der Waals surface area (Å²) in [6.07, 6.45) is -2.03. The van der Waals surface area contributed by atoms with Gasteiger partial charge in [-0.1, -0.05) is 22.0 Å². The summed E-state index contributed by atoms with van der Waals surface area (Å²) < 4.78 is 28.6. The molecule has 0 bridgehead atoms. The molecular formula is C12H11BrF2O5. The van der Waals surface area contributed by atoms with E-state index in [0.29, 0.717) is 5.56 Å². The number of aliphatic hydroxyl groups excluding tert-OH is 1. The minimum Gasteiger partial charge on any atom is -0.479 e. The van der Waals surface area contributed by atoms with Crippen molar-refractivity contribution in [1.82, 2.24) is 0 Å². The first-order valence-corrected chi connectivity index (χ1v) is 6.53. The number of carboxylic acid groups (broad SMARTS) is 1. The molecule has 1 rings (SSSR count). The molecule has 0 radical (unpaired) electrons. The second kappa shape index (κ2) is 7.30. The normalized spacial score (nSPS) is 12.2. The molecule has 0 aliphatic rings. The molecular weight excluding hydrogens is 342 g/mol. The molecule has 0 fully saturated rings. The number of benzene rings is 1. The van der Waals surface area contributed by atoms with E-state index in [0.717, 1.165) is 12.1 Å². The summed E-state index contributed by atoms with van der Waals surface area (Å²) in [6, 6.07) is 3.62. The van der Waals surface area contributed by atoms with Gasteiger partial charge in [-0.2, -0.15) is 8.78 Å². The van der Waals surface area contributed by atoms with Gasteiger partial charge in [0.25, 0.3) is 0 Å². The molecule has 0 amide bonds. The number of carbonyl (C=O) groups excluding carboxylic acids is 1. The molecule has 0 aliphatic heterocycles. The molecule has 1 unspecified atom stereocenters. The molecule has 0 aromatic heterocycles. The third kappa shape index (κ3) is 4.53. The van der Waals surface area contributed by atoms with Crippen LogP contribution >= 0.6 is 15.9 Å². The number of carboxylic acids is 1. The van der Waals surface area contributed by atoms with E-state index in [-0.39, 0.29) is 23.1 Å². The van der Waals surface area contributed by atoms with Crippen LogP contribution in [0.15, 0.2) is 18.2 Å². The van der Waals surface area contributed by atoms with Gasteiger partial charge in [0.15, 0.2) is 6.10 Å². The van der Waals surface area contributed by atoms with Crippen molar-refractivity contribution >= 4 is 27.7 Å². The summed E-state index contributed by atoms with van der Waals surface area (Å²) in [5.74, 6) is -2.22. The number of hydrogen-bond acceptors (Lipinski definition) is 4. The first-order chi connectivity index (χ1) is 9.35. The highest BCUT2D eigenvalue weighted by Gasteiger charge is 2.23. The molecule has 110 valence electrons. The smallest absolute Gasteiger partial charge is 0.387 e. The summed E-state index contributed by atoms with van der Waals surface area (Å²) in [7, 11) is 0. The third-order valence-corrected chi connectivity index (χ3v) is 2.99. The maximum atomic E-state index is 12.2. The lowest BCUT2D eigenvalue weighted by Gasteiger charge is -2.14. The van der Waals surface area contributed by atoms with Crippen molar-refractivity contribution in [3.05, 3.63) is 29.3 Å². The van der Waals surface area contributed by atoms with Gasteiger partial charge in [0.2, 0.25) is 0 Å². The average molecular weight is 353 g/mol. The van der Waals surface area contributed by atoms with E-state index in [1.807, 2.05) is 0 Å². The van der Waals surface area contributed by atoms with Gasteiger partial charge in [-0.05, 0) is 17.7 Å². The molecule has 0 aliphatic carbocycles. The number of aliphatic hydroxyl groups is 1. The van der Waals surface area contributed by atoms with Gasteiger partial charge in [-0.25, -0.2) is 4.79 Å². The van der Waals surface area contributed by atoms with Gasteiger partial charge in [0.05, 0.1) is 5.33 Å². The largest absolute Gasteiger partial charge is 0.479 e. The molecule has 20 heavy (non-hydrogen) atoms. The molecule has 1 aromatic carbocycles. The Morgan fingerprint density at radius 3 is 2.50 bits per heavy atom. The fourth-order valence-corrected chi connectivity index (χ4v) is 1.73. The van der Waals surface area contributed by atoms with Crippen LogP contribution in [0.25, 0.3) is 0 Å². The van der Waals surface area contributed by atoms with Crippen LogP contribution in [0, 0.1) is 0 Å². The zero-order valence-corrected chi connectivity index (χ0v) is 11.6. The number of halogens is 3. The predicted octanol–water partition coefficient (Wildman–Crippen LogP) is 1.91. The van der Waals surface area contributed by atoms with Gasteiger partial charge in [0.1, 0.15) is 11.5 Å². The van der Waals surface area contributed by atoms with E-state index in [2.05, 4.69) is 20.7 Å². The molecule has 2 N–H and O–H groups in total. The quantitative estimate of drug-likeness (QED) is 0.732. The predicted molar refractivity (Wildman–Crippen MR) is 68.2 cm³/mol. The monoisotopic (exact) mass is 352 g/mol. The average Bonchev–Trinajstić information content (AvgIpc) is 2.38. The van der Waals surface area contributed by atoms with Crippen LogP contribution in [0.3, 0.4) is 0 Å². The molecule has 1 aromatic rings. The molecule has 1 atom stereocenters. The van der Waals surface area contributed by atoms with Crippen LogP contribution < -0.4 is 4.74 Å². The molecule has 0 heterocycles. The molecule has 0 spiro atoms. The van der Waals surface area contributed by atoms with Crippen molar-refractivity contribution in [2.24, 2.45) is 0 Å². The fourth-order valence-electron chi connectivity index (χ4n) is 1.53. The highest BCUT2D eigenvalue weighted by molar-refractivity contribution is 9.09. The van der Waals surface area contributed by atoms with E-state index in [1.165, 1.54) is 6.07 Å². The lowest BCUT2D eigenvalue weighted by atomic mass is 10.0. The highest BCUT2D eigenvalue weighted by atomic mass is 79.9.